The summed E-state index contributed by atoms with van der Waals surface area (Å²) in [7, 11) is 0. The highest BCUT2D eigenvalue weighted by molar-refractivity contribution is 8.00. The Balaban J connectivity index is 1.98. The summed E-state index contributed by atoms with van der Waals surface area (Å²) >= 11 is 1.23. The van der Waals surface area contributed by atoms with E-state index < -0.39 is 29.0 Å². The maximum Gasteiger partial charge on any atom is 0.234 e. The van der Waals surface area contributed by atoms with Gasteiger partial charge in [-0.15, -0.1) is 11.8 Å². The fourth-order valence-electron chi connectivity index (χ4n) is 1.50. The molecule has 2 aromatic rings. The van der Waals surface area contributed by atoms with Crippen LogP contribution in [0.4, 0.5) is 18.9 Å². The zero-order valence-corrected chi connectivity index (χ0v) is 11.0. The van der Waals surface area contributed by atoms with Crippen molar-refractivity contribution in [2.45, 2.75) is 4.90 Å². The van der Waals surface area contributed by atoms with Gasteiger partial charge in [0, 0.05) is 17.0 Å². The number of carbonyl (C=O) groups excluding carboxylic acids is 1. The second-order valence-corrected chi connectivity index (χ2v) is 4.94. The summed E-state index contributed by atoms with van der Waals surface area (Å²) in [4.78, 5) is 12.5. The Morgan fingerprint density at radius 2 is 1.65 bits per heavy atom. The monoisotopic (exact) mass is 297 g/mol. The lowest BCUT2D eigenvalue weighted by Crippen LogP contribution is -2.16. The van der Waals surface area contributed by atoms with Gasteiger partial charge in [-0.05, 0) is 12.1 Å². The molecule has 104 valence electrons. The Kier molecular flexibility index (Phi) is 4.68. The molecule has 0 heterocycles. The van der Waals surface area contributed by atoms with Crippen LogP contribution in [0.2, 0.25) is 0 Å². The standard InChI is InChI=1S/C14H10F3NOS/c15-9-6-11(16)14(12(17)7-9)18-13(19)8-20-10-4-2-1-3-5-10/h1-7H,8H2,(H,18,19). The molecule has 0 saturated carbocycles. The van der Waals surface area contributed by atoms with Crippen LogP contribution in [0.3, 0.4) is 0 Å². The van der Waals surface area contributed by atoms with Crippen LogP contribution in [0.1, 0.15) is 0 Å². The Morgan fingerprint density at radius 1 is 1.05 bits per heavy atom. The Morgan fingerprint density at radius 3 is 2.25 bits per heavy atom. The van der Waals surface area contributed by atoms with Crippen LogP contribution in [0.25, 0.3) is 0 Å². The summed E-state index contributed by atoms with van der Waals surface area (Å²) in [5, 5.41) is 2.10. The molecule has 0 aliphatic heterocycles. The van der Waals surface area contributed by atoms with Crippen molar-refractivity contribution < 1.29 is 18.0 Å². The van der Waals surface area contributed by atoms with Crippen LogP contribution in [-0.4, -0.2) is 11.7 Å². The van der Waals surface area contributed by atoms with E-state index in [1.165, 1.54) is 11.8 Å². The van der Waals surface area contributed by atoms with Crippen molar-refractivity contribution in [2.24, 2.45) is 0 Å². The molecule has 0 atom stereocenters. The van der Waals surface area contributed by atoms with Crippen molar-refractivity contribution in [2.75, 3.05) is 11.1 Å². The summed E-state index contributed by atoms with van der Waals surface area (Å²) in [6.45, 7) is 0. The lowest BCUT2D eigenvalue weighted by molar-refractivity contribution is -0.113. The number of halogens is 3. The molecule has 0 bridgehead atoms. The molecular weight excluding hydrogens is 287 g/mol. The topological polar surface area (TPSA) is 29.1 Å². The quantitative estimate of drug-likeness (QED) is 0.869. The average Bonchev–Trinajstić information content (AvgIpc) is 2.42. The number of hydrogen-bond donors (Lipinski definition) is 1. The van der Waals surface area contributed by atoms with E-state index in [-0.39, 0.29) is 5.75 Å². The van der Waals surface area contributed by atoms with Gasteiger partial charge in [-0.1, -0.05) is 18.2 Å². The molecule has 0 aliphatic rings. The second kappa shape index (κ2) is 6.47. The van der Waals surface area contributed by atoms with Crippen LogP contribution in [0, 0.1) is 17.5 Å². The molecule has 2 rings (SSSR count). The number of anilines is 1. The fraction of sp³-hybridized carbons (Fsp3) is 0.0714. The molecule has 2 nitrogen and oxygen atoms in total. The van der Waals surface area contributed by atoms with E-state index in [1.807, 2.05) is 30.3 Å². The first-order valence-corrected chi connectivity index (χ1v) is 6.67. The highest BCUT2D eigenvalue weighted by Gasteiger charge is 2.14. The first-order valence-electron chi connectivity index (χ1n) is 5.68. The SMILES string of the molecule is O=C(CSc1ccccc1)Nc1c(F)cc(F)cc1F. The van der Waals surface area contributed by atoms with Gasteiger partial charge in [0.25, 0.3) is 0 Å². The molecule has 6 heteroatoms. The Hall–Kier alpha value is -1.95. The number of rotatable bonds is 4. The minimum atomic E-state index is -1.14. The van der Waals surface area contributed by atoms with E-state index in [0.29, 0.717) is 12.1 Å². The highest BCUT2D eigenvalue weighted by atomic mass is 32.2. The van der Waals surface area contributed by atoms with Crippen molar-refractivity contribution in [1.29, 1.82) is 0 Å². The van der Waals surface area contributed by atoms with Crippen molar-refractivity contribution in [1.82, 2.24) is 0 Å². The zero-order chi connectivity index (χ0) is 14.5. The molecule has 1 N–H and O–H groups in total. The third-order valence-electron chi connectivity index (χ3n) is 2.38. The molecule has 0 fully saturated rings. The summed E-state index contributed by atoms with van der Waals surface area (Å²) in [6, 6.07) is 10.1. The van der Waals surface area contributed by atoms with Gasteiger partial charge in [0.2, 0.25) is 5.91 Å². The maximum atomic E-state index is 13.3. The number of amides is 1. The van der Waals surface area contributed by atoms with E-state index in [9.17, 15) is 18.0 Å². The number of thioether (sulfide) groups is 1. The Labute approximate surface area is 118 Å². The Bertz CT molecular complexity index is 596. The highest BCUT2D eigenvalue weighted by Crippen LogP contribution is 2.21. The molecule has 0 spiro atoms. The maximum absolute atomic E-state index is 13.3. The lowest BCUT2D eigenvalue weighted by atomic mass is 10.3. The normalized spacial score (nSPS) is 10.3. The van der Waals surface area contributed by atoms with Crippen molar-refractivity contribution >= 4 is 23.4 Å². The van der Waals surface area contributed by atoms with Crippen molar-refractivity contribution in [3.63, 3.8) is 0 Å². The van der Waals surface area contributed by atoms with Gasteiger partial charge in [-0.2, -0.15) is 0 Å². The van der Waals surface area contributed by atoms with Crippen LogP contribution < -0.4 is 5.32 Å². The largest absolute Gasteiger partial charge is 0.320 e. The van der Waals surface area contributed by atoms with Crippen molar-refractivity contribution in [3.05, 3.63) is 59.9 Å². The van der Waals surface area contributed by atoms with Crippen LogP contribution in [0.15, 0.2) is 47.4 Å². The second-order valence-electron chi connectivity index (χ2n) is 3.89. The van der Waals surface area contributed by atoms with E-state index in [0.717, 1.165) is 4.90 Å². The van der Waals surface area contributed by atoms with Crippen LogP contribution in [-0.2, 0) is 4.79 Å². The number of nitrogens with one attached hydrogen (secondary N) is 1. The summed E-state index contributed by atoms with van der Waals surface area (Å²) < 4.78 is 39.4. The van der Waals surface area contributed by atoms with Crippen LogP contribution in [0.5, 0.6) is 0 Å². The van der Waals surface area contributed by atoms with Gasteiger partial charge in [0.05, 0.1) is 5.75 Å². The van der Waals surface area contributed by atoms with E-state index >= 15 is 0 Å². The first kappa shape index (κ1) is 14.5. The molecule has 0 radical (unpaired) electrons. The van der Waals surface area contributed by atoms with Gasteiger partial charge < -0.3 is 5.32 Å². The molecule has 0 aromatic heterocycles. The molecule has 0 aliphatic carbocycles. The number of carbonyl (C=O) groups is 1. The van der Waals surface area contributed by atoms with Gasteiger partial charge >= 0.3 is 0 Å². The van der Waals surface area contributed by atoms with Gasteiger partial charge in [-0.3, -0.25) is 4.79 Å². The molecule has 2 aromatic carbocycles. The lowest BCUT2D eigenvalue weighted by Gasteiger charge is -2.07. The van der Waals surface area contributed by atoms with Crippen LogP contribution >= 0.6 is 11.8 Å². The third-order valence-corrected chi connectivity index (χ3v) is 3.40. The minimum Gasteiger partial charge on any atom is -0.320 e. The van der Waals surface area contributed by atoms with Gasteiger partial charge in [-0.25, -0.2) is 13.2 Å². The molecule has 1 amide bonds. The zero-order valence-electron chi connectivity index (χ0n) is 10.2. The first-order chi connectivity index (χ1) is 9.56. The summed E-state index contributed by atoms with van der Waals surface area (Å²) in [5.74, 6) is -3.87. The van der Waals surface area contributed by atoms with E-state index in [1.54, 1.807) is 0 Å². The van der Waals surface area contributed by atoms with E-state index in [4.69, 9.17) is 0 Å². The average molecular weight is 297 g/mol. The molecular formula is C14H10F3NOS. The van der Waals surface area contributed by atoms with E-state index in [2.05, 4.69) is 5.32 Å². The third kappa shape index (κ3) is 3.77. The number of hydrogen-bond acceptors (Lipinski definition) is 2. The smallest absolute Gasteiger partial charge is 0.234 e. The van der Waals surface area contributed by atoms with Gasteiger partial charge in [0.15, 0.2) is 11.6 Å². The van der Waals surface area contributed by atoms with Gasteiger partial charge in [0.1, 0.15) is 11.5 Å². The summed E-state index contributed by atoms with van der Waals surface area (Å²) in [6.07, 6.45) is 0. The fourth-order valence-corrected chi connectivity index (χ4v) is 2.22. The predicted molar refractivity (Wildman–Crippen MR) is 72.1 cm³/mol. The molecule has 0 saturated heterocycles. The summed E-state index contributed by atoms with van der Waals surface area (Å²) in [5.41, 5.74) is -0.634. The number of benzene rings is 2. The molecule has 20 heavy (non-hydrogen) atoms. The van der Waals surface area contributed by atoms with Crippen molar-refractivity contribution in [3.8, 4) is 0 Å². The molecule has 0 unspecified atom stereocenters. The minimum absolute atomic E-state index is 0.000268. The predicted octanol–water partition coefficient (Wildman–Crippen LogP) is 3.83.